The molecular formula is C25H33FO4S2. The number of thioether (sulfide) groups is 2. The minimum Gasteiger partial charge on any atom is -0.459 e. The Morgan fingerprint density at radius 2 is 2.00 bits per heavy atom. The third-order valence-corrected chi connectivity index (χ3v) is 12.5. The van der Waals surface area contributed by atoms with Gasteiger partial charge in [0, 0.05) is 30.1 Å². The lowest BCUT2D eigenvalue weighted by molar-refractivity contribution is -0.209. The highest BCUT2D eigenvalue weighted by molar-refractivity contribution is 8.19. The Balaban J connectivity index is 1.87. The van der Waals surface area contributed by atoms with Gasteiger partial charge in [0.25, 0.3) is 0 Å². The summed E-state index contributed by atoms with van der Waals surface area (Å²) in [4.78, 5) is 37.8. The van der Waals surface area contributed by atoms with E-state index < -0.39 is 38.6 Å². The Bertz CT molecular complexity index is 916. The molecule has 3 fully saturated rings. The van der Waals surface area contributed by atoms with Gasteiger partial charge >= 0.3 is 5.97 Å². The van der Waals surface area contributed by atoms with Crippen LogP contribution >= 0.6 is 23.5 Å². The lowest BCUT2D eigenvalue weighted by Gasteiger charge is -2.63. The van der Waals surface area contributed by atoms with Crippen LogP contribution in [0.25, 0.3) is 0 Å². The lowest BCUT2D eigenvalue weighted by atomic mass is 9.46. The summed E-state index contributed by atoms with van der Waals surface area (Å²) in [5.41, 5.74) is -2.62. The zero-order chi connectivity index (χ0) is 23.5. The molecule has 4 rings (SSSR count). The first-order valence-corrected chi connectivity index (χ1v) is 13.7. The van der Waals surface area contributed by atoms with Gasteiger partial charge in [0.15, 0.2) is 17.2 Å². The second kappa shape index (κ2) is 8.00. The first-order valence-electron chi connectivity index (χ1n) is 11.5. The van der Waals surface area contributed by atoms with Crippen molar-refractivity contribution in [3.63, 3.8) is 0 Å². The summed E-state index contributed by atoms with van der Waals surface area (Å²) in [6.07, 6.45) is 8.46. The van der Waals surface area contributed by atoms with Crippen LogP contribution in [0.5, 0.6) is 0 Å². The van der Waals surface area contributed by atoms with Crippen LogP contribution in [0.2, 0.25) is 0 Å². The maximum Gasteiger partial charge on any atom is 0.303 e. The molecule has 4 aliphatic rings. The second-order valence-electron chi connectivity index (χ2n) is 10.1. The van der Waals surface area contributed by atoms with Crippen LogP contribution in [0.3, 0.4) is 0 Å². The zero-order valence-corrected chi connectivity index (χ0v) is 21.2. The number of carbonyl (C=O) groups is 3. The van der Waals surface area contributed by atoms with Gasteiger partial charge < -0.3 is 4.74 Å². The van der Waals surface area contributed by atoms with Gasteiger partial charge in [-0.2, -0.15) is 0 Å². The quantitative estimate of drug-likeness (QED) is 0.393. The maximum atomic E-state index is 17.6. The highest BCUT2D eigenvalue weighted by Gasteiger charge is 2.76. The Kier molecular flexibility index (Phi) is 6.02. The predicted octanol–water partition coefficient (Wildman–Crippen LogP) is 5.31. The molecule has 3 saturated carbocycles. The van der Waals surface area contributed by atoms with Crippen molar-refractivity contribution in [2.75, 3.05) is 12.0 Å². The molecule has 7 heteroatoms. The monoisotopic (exact) mass is 480 g/mol. The van der Waals surface area contributed by atoms with E-state index in [1.165, 1.54) is 13.0 Å². The molecule has 32 heavy (non-hydrogen) atoms. The van der Waals surface area contributed by atoms with Gasteiger partial charge in [-0.15, -0.1) is 23.5 Å². The van der Waals surface area contributed by atoms with Crippen molar-refractivity contribution in [1.82, 2.24) is 0 Å². The molecule has 0 aromatic carbocycles. The number of allylic oxidation sites excluding steroid dienone is 4. The van der Waals surface area contributed by atoms with E-state index in [0.717, 1.165) is 17.7 Å². The van der Waals surface area contributed by atoms with Gasteiger partial charge in [0.05, 0.1) is 0 Å². The molecule has 0 saturated heterocycles. The molecule has 7 atom stereocenters. The Morgan fingerprint density at radius 3 is 2.62 bits per heavy atom. The molecule has 0 radical (unpaired) electrons. The molecule has 0 bridgehead atoms. The standard InChI is InChI=1S/C25H33FO4S2/c1-6-11-32-25(31-5)20(29)13-19-18-8-7-16-12-17(28)9-10-22(16,3)24(18,26)21(30-15(2)27)14-23(19,25)4/h9-10,12,18-19,21H,6-8,11,13-14H2,1-5H3/t18-,19-,21-,22-,23-,24?,25+/m0/s1. The zero-order valence-electron chi connectivity index (χ0n) is 19.5. The number of alkyl halides is 1. The van der Waals surface area contributed by atoms with E-state index in [-0.39, 0.29) is 17.5 Å². The summed E-state index contributed by atoms with van der Waals surface area (Å²) >= 11 is 3.26. The summed E-state index contributed by atoms with van der Waals surface area (Å²) in [7, 11) is 0. The molecule has 4 nitrogen and oxygen atoms in total. The fraction of sp³-hybridized carbons (Fsp3) is 0.720. The predicted molar refractivity (Wildman–Crippen MR) is 127 cm³/mol. The summed E-state index contributed by atoms with van der Waals surface area (Å²) in [6.45, 7) is 7.37. The summed E-state index contributed by atoms with van der Waals surface area (Å²) in [5, 5.41) is 0. The van der Waals surface area contributed by atoms with E-state index in [0.29, 0.717) is 25.7 Å². The van der Waals surface area contributed by atoms with Gasteiger partial charge in [-0.1, -0.05) is 25.5 Å². The van der Waals surface area contributed by atoms with Crippen molar-refractivity contribution < 1.29 is 23.5 Å². The molecular weight excluding hydrogens is 447 g/mol. The average molecular weight is 481 g/mol. The highest BCUT2D eigenvalue weighted by Crippen LogP contribution is 2.73. The fourth-order valence-electron chi connectivity index (χ4n) is 7.16. The van der Waals surface area contributed by atoms with Crippen LogP contribution in [-0.2, 0) is 19.1 Å². The minimum atomic E-state index is -1.87. The smallest absolute Gasteiger partial charge is 0.303 e. The van der Waals surface area contributed by atoms with Crippen molar-refractivity contribution in [3.8, 4) is 0 Å². The number of halogens is 1. The van der Waals surface area contributed by atoms with E-state index in [9.17, 15) is 14.4 Å². The first-order chi connectivity index (χ1) is 15.0. The average Bonchev–Trinajstić information content (AvgIpc) is 2.94. The normalized spacial score (nSPS) is 45.1. The fourth-order valence-corrected chi connectivity index (χ4v) is 10.2. The molecule has 176 valence electrons. The van der Waals surface area contributed by atoms with E-state index in [2.05, 4.69) is 13.8 Å². The number of Topliss-reactive ketones (excluding diaryl/α,β-unsaturated/α-hetero) is 1. The van der Waals surface area contributed by atoms with Crippen molar-refractivity contribution in [2.45, 2.75) is 75.7 Å². The number of ether oxygens (including phenoxy) is 1. The molecule has 0 N–H and O–H groups in total. The van der Waals surface area contributed by atoms with Crippen molar-refractivity contribution in [2.24, 2.45) is 22.7 Å². The van der Waals surface area contributed by atoms with Crippen molar-refractivity contribution in [3.05, 3.63) is 23.8 Å². The summed E-state index contributed by atoms with van der Waals surface area (Å²) < 4.78 is 22.7. The Hall–Kier alpha value is -1.08. The minimum absolute atomic E-state index is 0.127. The highest BCUT2D eigenvalue weighted by atomic mass is 32.2. The molecule has 0 aliphatic heterocycles. The molecule has 0 aromatic heterocycles. The second-order valence-corrected chi connectivity index (χ2v) is 12.7. The van der Waals surface area contributed by atoms with Crippen LogP contribution in [0, 0.1) is 22.7 Å². The maximum absolute atomic E-state index is 17.6. The Labute approximate surface area is 198 Å². The van der Waals surface area contributed by atoms with Gasteiger partial charge in [0.1, 0.15) is 10.2 Å². The van der Waals surface area contributed by atoms with E-state index >= 15 is 4.39 Å². The molecule has 4 aliphatic carbocycles. The lowest BCUT2D eigenvalue weighted by Crippen LogP contribution is -2.68. The first kappa shape index (κ1) is 24.1. The number of carbonyl (C=O) groups excluding carboxylic acids is 3. The largest absolute Gasteiger partial charge is 0.459 e. The topological polar surface area (TPSA) is 60.4 Å². The summed E-state index contributed by atoms with van der Waals surface area (Å²) in [5.74, 6) is -0.156. The van der Waals surface area contributed by atoms with Crippen molar-refractivity contribution in [1.29, 1.82) is 0 Å². The third kappa shape index (κ3) is 2.98. The molecule has 0 spiro atoms. The van der Waals surface area contributed by atoms with Crippen molar-refractivity contribution >= 4 is 41.1 Å². The van der Waals surface area contributed by atoms with E-state index in [4.69, 9.17) is 4.74 Å². The molecule has 0 heterocycles. The van der Waals surface area contributed by atoms with Crippen LogP contribution in [0.1, 0.15) is 59.8 Å². The van der Waals surface area contributed by atoms with Gasteiger partial charge in [-0.3, -0.25) is 14.4 Å². The summed E-state index contributed by atoms with van der Waals surface area (Å²) in [6, 6.07) is 0. The molecule has 1 unspecified atom stereocenters. The van der Waals surface area contributed by atoms with Gasteiger partial charge in [-0.05, 0) is 62.7 Å². The number of hydrogen-bond acceptors (Lipinski definition) is 6. The number of ketones is 2. The Morgan fingerprint density at radius 1 is 1.28 bits per heavy atom. The van der Waals surface area contributed by atoms with E-state index in [1.807, 2.05) is 13.2 Å². The van der Waals surface area contributed by atoms with Crippen LogP contribution in [0.4, 0.5) is 4.39 Å². The van der Waals surface area contributed by atoms with Crippen LogP contribution < -0.4 is 0 Å². The number of fused-ring (bicyclic) bond motifs is 5. The third-order valence-electron chi connectivity index (χ3n) is 8.64. The number of esters is 1. The van der Waals surface area contributed by atoms with Gasteiger partial charge in [0.2, 0.25) is 0 Å². The van der Waals surface area contributed by atoms with Crippen LogP contribution in [-0.4, -0.2) is 45.4 Å². The van der Waals surface area contributed by atoms with E-state index in [1.54, 1.807) is 35.7 Å². The SMILES string of the molecule is CCCS[C@]1(SC)C(=O)C[C@H]2[C@@H]3CCC4=CC(=O)C=C[C@]4(C)C3(F)[C@@H](OC(C)=O)C[C@@]21C. The molecule has 0 aromatic rings. The molecule has 0 amide bonds. The van der Waals surface area contributed by atoms with Crippen LogP contribution in [0.15, 0.2) is 23.8 Å². The number of rotatable bonds is 5. The number of hydrogen-bond donors (Lipinski definition) is 0. The van der Waals surface area contributed by atoms with Gasteiger partial charge in [-0.25, -0.2) is 4.39 Å².